The summed E-state index contributed by atoms with van der Waals surface area (Å²) in [7, 11) is 0. The molecule has 15 heavy (non-hydrogen) atoms. The molecule has 0 aromatic heterocycles. The lowest BCUT2D eigenvalue weighted by Gasteiger charge is -2.10. The molecular formula is C8H5F2NO4. The van der Waals surface area contributed by atoms with Crippen LogP contribution in [0.3, 0.4) is 0 Å². The molecule has 0 saturated heterocycles. The maximum atomic E-state index is 12.8. The van der Waals surface area contributed by atoms with Crippen molar-refractivity contribution in [2.45, 2.75) is 5.92 Å². The molecule has 0 unspecified atom stereocenters. The first-order valence-corrected chi connectivity index (χ1v) is 3.72. The third-order valence-electron chi connectivity index (χ3n) is 1.71. The summed E-state index contributed by atoms with van der Waals surface area (Å²) in [5.41, 5.74) is -1.17. The minimum atomic E-state index is -4.03. The molecular weight excluding hydrogens is 212 g/mol. The molecule has 5 nitrogen and oxygen atoms in total. The average molecular weight is 217 g/mol. The lowest BCUT2D eigenvalue weighted by Crippen LogP contribution is -2.25. The van der Waals surface area contributed by atoms with Crippen LogP contribution in [-0.4, -0.2) is 16.0 Å². The van der Waals surface area contributed by atoms with Gasteiger partial charge in [0.2, 0.25) is 0 Å². The number of nitrogens with zero attached hydrogens (tertiary/aromatic N) is 1. The number of nitro groups is 1. The molecule has 0 fully saturated rings. The van der Waals surface area contributed by atoms with E-state index < -0.39 is 22.4 Å². The van der Waals surface area contributed by atoms with Crippen LogP contribution in [-0.2, 0) is 10.7 Å². The zero-order chi connectivity index (χ0) is 11.6. The number of hydrogen-bond acceptors (Lipinski definition) is 3. The van der Waals surface area contributed by atoms with Gasteiger partial charge in [0.25, 0.3) is 5.69 Å². The summed E-state index contributed by atoms with van der Waals surface area (Å²) in [6.45, 7) is 0. The molecule has 1 aromatic rings. The van der Waals surface area contributed by atoms with Crippen LogP contribution in [0.2, 0.25) is 0 Å². The molecule has 0 heterocycles. The van der Waals surface area contributed by atoms with Gasteiger partial charge >= 0.3 is 11.9 Å². The number of benzene rings is 1. The van der Waals surface area contributed by atoms with Gasteiger partial charge in [-0.1, -0.05) is 0 Å². The number of aliphatic carboxylic acids is 1. The van der Waals surface area contributed by atoms with Crippen molar-refractivity contribution in [3.8, 4) is 0 Å². The normalized spacial score (nSPS) is 11.1. The van der Waals surface area contributed by atoms with E-state index in [0.29, 0.717) is 12.1 Å². The number of halogens is 2. The molecule has 0 aliphatic rings. The average Bonchev–Trinajstić information content (AvgIpc) is 2.17. The summed E-state index contributed by atoms with van der Waals surface area (Å²) in [4.78, 5) is 19.6. The van der Waals surface area contributed by atoms with Crippen LogP contribution in [0, 0.1) is 10.1 Å². The van der Waals surface area contributed by atoms with E-state index >= 15 is 0 Å². The Morgan fingerprint density at radius 1 is 1.33 bits per heavy atom. The number of nitro benzene ring substituents is 1. The largest absolute Gasteiger partial charge is 0.477 e. The van der Waals surface area contributed by atoms with Crippen molar-refractivity contribution in [2.24, 2.45) is 0 Å². The van der Waals surface area contributed by atoms with Gasteiger partial charge in [0.15, 0.2) is 0 Å². The smallest absolute Gasteiger partial charge is 0.379 e. The van der Waals surface area contributed by atoms with Gasteiger partial charge in [-0.05, 0) is 12.1 Å². The van der Waals surface area contributed by atoms with Crippen molar-refractivity contribution >= 4 is 11.7 Å². The maximum Gasteiger partial charge on any atom is 0.379 e. The fourth-order valence-corrected chi connectivity index (χ4v) is 0.916. The molecule has 0 aliphatic carbocycles. The molecule has 80 valence electrons. The summed E-state index contributed by atoms with van der Waals surface area (Å²) >= 11 is 0. The molecule has 0 saturated carbocycles. The standard InChI is InChI=1S/C8H5F2NO4/c9-8(10,7(12)13)5-1-3-6(4-2-5)11(14)15/h1-4H,(H,12,13). The van der Waals surface area contributed by atoms with E-state index in [2.05, 4.69) is 0 Å². The van der Waals surface area contributed by atoms with E-state index in [1.54, 1.807) is 0 Å². The van der Waals surface area contributed by atoms with Gasteiger partial charge in [-0.2, -0.15) is 8.78 Å². The molecule has 1 N–H and O–H groups in total. The highest BCUT2D eigenvalue weighted by atomic mass is 19.3. The zero-order valence-electron chi connectivity index (χ0n) is 7.18. The summed E-state index contributed by atoms with van der Waals surface area (Å²) in [5.74, 6) is -6.33. The van der Waals surface area contributed by atoms with E-state index in [-0.39, 0.29) is 5.69 Å². The first-order chi connectivity index (χ1) is 6.85. The van der Waals surface area contributed by atoms with Crippen molar-refractivity contribution in [3.05, 3.63) is 39.9 Å². The van der Waals surface area contributed by atoms with E-state index in [4.69, 9.17) is 5.11 Å². The van der Waals surface area contributed by atoms with Crippen LogP contribution in [0.15, 0.2) is 24.3 Å². The molecule has 0 radical (unpaired) electrons. The van der Waals surface area contributed by atoms with Crippen LogP contribution in [0.4, 0.5) is 14.5 Å². The van der Waals surface area contributed by atoms with Gasteiger partial charge in [-0.15, -0.1) is 0 Å². The second-order valence-electron chi connectivity index (χ2n) is 2.68. The molecule has 1 rings (SSSR count). The first kappa shape index (κ1) is 11.0. The third-order valence-corrected chi connectivity index (χ3v) is 1.71. The molecule has 1 aromatic carbocycles. The van der Waals surface area contributed by atoms with E-state index in [0.717, 1.165) is 12.1 Å². The van der Waals surface area contributed by atoms with Crippen LogP contribution >= 0.6 is 0 Å². The molecule has 0 amide bonds. The number of non-ortho nitro benzene ring substituents is 1. The fraction of sp³-hybridized carbons (Fsp3) is 0.125. The molecule has 0 spiro atoms. The monoisotopic (exact) mass is 217 g/mol. The third kappa shape index (κ3) is 2.06. The second-order valence-corrected chi connectivity index (χ2v) is 2.68. The van der Waals surface area contributed by atoms with Crippen LogP contribution < -0.4 is 0 Å². The van der Waals surface area contributed by atoms with Crippen molar-refractivity contribution in [1.82, 2.24) is 0 Å². The Balaban J connectivity index is 3.09. The van der Waals surface area contributed by atoms with Crippen molar-refractivity contribution in [3.63, 3.8) is 0 Å². The Morgan fingerprint density at radius 3 is 2.13 bits per heavy atom. The number of alkyl halides is 2. The first-order valence-electron chi connectivity index (χ1n) is 3.72. The Kier molecular flexibility index (Phi) is 2.65. The summed E-state index contributed by atoms with van der Waals surface area (Å²) in [6.07, 6.45) is 0. The molecule has 0 atom stereocenters. The quantitative estimate of drug-likeness (QED) is 0.617. The highest BCUT2D eigenvalue weighted by molar-refractivity contribution is 5.77. The molecule has 0 bridgehead atoms. The fourth-order valence-electron chi connectivity index (χ4n) is 0.916. The predicted octanol–water partition coefficient (Wildman–Crippen LogP) is 1.77. The lowest BCUT2D eigenvalue weighted by molar-refractivity contribution is -0.384. The van der Waals surface area contributed by atoms with Crippen molar-refractivity contribution in [1.29, 1.82) is 0 Å². The van der Waals surface area contributed by atoms with Gasteiger partial charge in [-0.25, -0.2) is 4.79 Å². The van der Waals surface area contributed by atoms with Crippen LogP contribution in [0.5, 0.6) is 0 Å². The number of hydrogen-bond donors (Lipinski definition) is 1. The highest BCUT2D eigenvalue weighted by Gasteiger charge is 2.41. The minimum Gasteiger partial charge on any atom is -0.477 e. The van der Waals surface area contributed by atoms with Gasteiger partial charge < -0.3 is 5.11 Å². The Bertz CT molecular complexity index is 402. The zero-order valence-corrected chi connectivity index (χ0v) is 7.18. The summed E-state index contributed by atoms with van der Waals surface area (Å²) in [5, 5.41) is 18.4. The van der Waals surface area contributed by atoms with Crippen molar-refractivity contribution in [2.75, 3.05) is 0 Å². The van der Waals surface area contributed by atoms with E-state index in [1.165, 1.54) is 0 Å². The number of carbonyl (C=O) groups is 1. The lowest BCUT2D eigenvalue weighted by atomic mass is 10.1. The summed E-state index contributed by atoms with van der Waals surface area (Å²) in [6, 6.07) is 3.08. The Hall–Kier alpha value is -2.05. The molecule has 0 aliphatic heterocycles. The minimum absolute atomic E-state index is 0.375. The van der Waals surface area contributed by atoms with E-state index in [9.17, 15) is 23.7 Å². The SMILES string of the molecule is O=C(O)C(F)(F)c1ccc([N+](=O)[O-])cc1. The van der Waals surface area contributed by atoms with Gasteiger partial charge in [0.05, 0.1) is 4.92 Å². The topological polar surface area (TPSA) is 80.4 Å². The summed E-state index contributed by atoms with van der Waals surface area (Å²) < 4.78 is 25.7. The number of rotatable bonds is 3. The molecule has 7 heteroatoms. The van der Waals surface area contributed by atoms with Crippen LogP contribution in [0.25, 0.3) is 0 Å². The maximum absolute atomic E-state index is 12.8. The second kappa shape index (κ2) is 3.60. The van der Waals surface area contributed by atoms with Gasteiger partial charge in [0.1, 0.15) is 0 Å². The number of carboxylic acids is 1. The highest BCUT2D eigenvalue weighted by Crippen LogP contribution is 2.29. The van der Waals surface area contributed by atoms with E-state index in [1.807, 2.05) is 0 Å². The van der Waals surface area contributed by atoms with Crippen molar-refractivity contribution < 1.29 is 23.6 Å². The Labute approximate surface area is 82.1 Å². The number of carboxylic acid groups (broad SMARTS) is 1. The predicted molar refractivity (Wildman–Crippen MR) is 44.6 cm³/mol. The van der Waals surface area contributed by atoms with Gasteiger partial charge in [0, 0.05) is 17.7 Å². The van der Waals surface area contributed by atoms with Gasteiger partial charge in [-0.3, -0.25) is 10.1 Å². The Morgan fingerprint density at radius 2 is 1.80 bits per heavy atom. The van der Waals surface area contributed by atoms with Crippen LogP contribution in [0.1, 0.15) is 5.56 Å².